The second kappa shape index (κ2) is 5.40. The molecule has 2 aromatic rings. The number of nitrogens with zero attached hydrogens (tertiary/aromatic N) is 2. The molecule has 2 rings (SSSR count). The van der Waals surface area contributed by atoms with Crippen LogP contribution < -0.4 is 4.74 Å². The Hall–Kier alpha value is -1.55. The highest BCUT2D eigenvalue weighted by molar-refractivity contribution is 5.87. The smallest absolute Gasteiger partial charge is 0.222 e. The van der Waals surface area contributed by atoms with Gasteiger partial charge in [0.05, 0.1) is 18.0 Å². The molecule has 0 saturated carbocycles. The van der Waals surface area contributed by atoms with E-state index in [1.165, 1.54) is 5.56 Å². The Morgan fingerprint density at radius 2 is 2.22 bits per heavy atom. The standard InChI is InChI=1S/C14H21N3O/c1-10(2)17(3)8-6-11-9-16-12-5-7-15-14(18-4)13(11)12/h5,7,9-10,16H,6,8H2,1-4H3. The molecule has 0 amide bonds. The monoisotopic (exact) mass is 247 g/mol. The van der Waals surface area contributed by atoms with Gasteiger partial charge in [0.15, 0.2) is 0 Å². The van der Waals surface area contributed by atoms with Gasteiger partial charge in [0.1, 0.15) is 0 Å². The van der Waals surface area contributed by atoms with E-state index in [0.29, 0.717) is 11.9 Å². The van der Waals surface area contributed by atoms with Gasteiger partial charge in [-0.1, -0.05) is 0 Å². The van der Waals surface area contributed by atoms with Crippen molar-refractivity contribution in [3.63, 3.8) is 0 Å². The van der Waals surface area contributed by atoms with Gasteiger partial charge < -0.3 is 14.6 Å². The average molecular weight is 247 g/mol. The fourth-order valence-corrected chi connectivity index (χ4v) is 2.02. The quantitative estimate of drug-likeness (QED) is 0.882. The summed E-state index contributed by atoms with van der Waals surface area (Å²) in [5, 5.41) is 1.11. The Morgan fingerprint density at radius 3 is 2.89 bits per heavy atom. The number of aromatic nitrogens is 2. The van der Waals surface area contributed by atoms with Crippen molar-refractivity contribution in [3.8, 4) is 5.88 Å². The predicted molar refractivity (Wildman–Crippen MR) is 74.1 cm³/mol. The number of aromatic amines is 1. The van der Waals surface area contributed by atoms with Crippen LogP contribution in [0.4, 0.5) is 0 Å². The Kier molecular flexibility index (Phi) is 3.87. The molecule has 18 heavy (non-hydrogen) atoms. The summed E-state index contributed by atoms with van der Waals surface area (Å²) in [5.41, 5.74) is 2.35. The van der Waals surface area contributed by atoms with Crippen molar-refractivity contribution in [2.24, 2.45) is 0 Å². The molecule has 0 radical (unpaired) electrons. The number of ether oxygens (including phenoxy) is 1. The summed E-state index contributed by atoms with van der Waals surface area (Å²) in [4.78, 5) is 9.88. The van der Waals surface area contributed by atoms with Gasteiger partial charge in [0.2, 0.25) is 5.88 Å². The summed E-state index contributed by atoms with van der Waals surface area (Å²) in [7, 11) is 3.81. The topological polar surface area (TPSA) is 41.1 Å². The molecule has 4 nitrogen and oxygen atoms in total. The molecule has 1 N–H and O–H groups in total. The third kappa shape index (κ3) is 2.48. The van der Waals surface area contributed by atoms with Gasteiger partial charge in [-0.05, 0) is 38.9 Å². The van der Waals surface area contributed by atoms with E-state index in [-0.39, 0.29) is 0 Å². The van der Waals surface area contributed by atoms with Crippen LogP contribution in [0, 0.1) is 0 Å². The Balaban J connectivity index is 2.23. The molecule has 0 fully saturated rings. The maximum Gasteiger partial charge on any atom is 0.222 e. The van der Waals surface area contributed by atoms with Gasteiger partial charge in [0.25, 0.3) is 0 Å². The molecule has 0 bridgehead atoms. The Labute approximate surface area is 108 Å². The van der Waals surface area contributed by atoms with Gasteiger partial charge >= 0.3 is 0 Å². The summed E-state index contributed by atoms with van der Waals surface area (Å²) in [6.45, 7) is 5.44. The van der Waals surface area contributed by atoms with Crippen LogP contribution in [0.2, 0.25) is 0 Å². The first-order valence-corrected chi connectivity index (χ1v) is 6.32. The fraction of sp³-hybridized carbons (Fsp3) is 0.500. The summed E-state index contributed by atoms with van der Waals surface area (Å²) < 4.78 is 5.34. The van der Waals surface area contributed by atoms with Crippen molar-refractivity contribution < 1.29 is 4.74 Å². The summed E-state index contributed by atoms with van der Waals surface area (Å²) in [6.07, 6.45) is 4.82. The van der Waals surface area contributed by atoms with E-state index in [2.05, 4.69) is 42.0 Å². The molecule has 0 aliphatic carbocycles. The van der Waals surface area contributed by atoms with E-state index in [1.807, 2.05) is 6.07 Å². The lowest BCUT2D eigenvalue weighted by molar-refractivity contribution is 0.277. The zero-order chi connectivity index (χ0) is 13.1. The Morgan fingerprint density at radius 1 is 1.44 bits per heavy atom. The van der Waals surface area contributed by atoms with Crippen LogP contribution in [0.25, 0.3) is 10.9 Å². The number of methoxy groups -OCH3 is 1. The van der Waals surface area contributed by atoms with E-state index >= 15 is 0 Å². The second-order valence-electron chi connectivity index (χ2n) is 4.88. The Bertz CT molecular complexity index is 519. The average Bonchev–Trinajstić information content (AvgIpc) is 2.78. The molecule has 0 aliphatic heterocycles. The number of rotatable bonds is 5. The highest BCUT2D eigenvalue weighted by atomic mass is 16.5. The van der Waals surface area contributed by atoms with Gasteiger partial charge in [0, 0.05) is 25.0 Å². The molecule has 0 saturated heterocycles. The van der Waals surface area contributed by atoms with E-state index in [1.54, 1.807) is 13.3 Å². The van der Waals surface area contributed by atoms with Gasteiger partial charge in [-0.25, -0.2) is 4.98 Å². The van der Waals surface area contributed by atoms with Crippen LogP contribution in [0.15, 0.2) is 18.5 Å². The van der Waals surface area contributed by atoms with Crippen molar-refractivity contribution in [2.75, 3.05) is 20.7 Å². The van der Waals surface area contributed by atoms with Crippen LogP contribution in [0.3, 0.4) is 0 Å². The zero-order valence-corrected chi connectivity index (χ0v) is 11.5. The van der Waals surface area contributed by atoms with E-state index < -0.39 is 0 Å². The molecule has 4 heteroatoms. The number of hydrogen-bond acceptors (Lipinski definition) is 3. The molecule has 2 heterocycles. The fourth-order valence-electron chi connectivity index (χ4n) is 2.02. The van der Waals surface area contributed by atoms with Crippen LogP contribution in [-0.4, -0.2) is 41.6 Å². The number of nitrogens with one attached hydrogen (secondary N) is 1. The lowest BCUT2D eigenvalue weighted by atomic mass is 10.1. The molecule has 0 unspecified atom stereocenters. The summed E-state index contributed by atoms with van der Waals surface area (Å²) >= 11 is 0. The first-order valence-electron chi connectivity index (χ1n) is 6.32. The minimum atomic E-state index is 0.565. The molecular weight excluding hydrogens is 226 g/mol. The van der Waals surface area contributed by atoms with Crippen molar-refractivity contribution >= 4 is 10.9 Å². The summed E-state index contributed by atoms with van der Waals surface area (Å²) in [5.74, 6) is 0.705. The number of hydrogen-bond donors (Lipinski definition) is 1. The van der Waals surface area contributed by atoms with Crippen molar-refractivity contribution in [1.82, 2.24) is 14.9 Å². The first kappa shape index (κ1) is 12.9. The van der Waals surface area contributed by atoms with E-state index in [9.17, 15) is 0 Å². The molecule has 0 aliphatic rings. The lowest BCUT2D eigenvalue weighted by Crippen LogP contribution is -2.28. The van der Waals surface area contributed by atoms with Crippen LogP contribution in [0.5, 0.6) is 5.88 Å². The molecule has 0 atom stereocenters. The van der Waals surface area contributed by atoms with Crippen molar-refractivity contribution in [2.45, 2.75) is 26.3 Å². The third-order valence-electron chi connectivity index (χ3n) is 3.45. The molecular formula is C14H21N3O. The maximum absolute atomic E-state index is 5.34. The second-order valence-corrected chi connectivity index (χ2v) is 4.88. The highest BCUT2D eigenvalue weighted by Gasteiger charge is 2.11. The van der Waals surface area contributed by atoms with Gasteiger partial charge in [-0.3, -0.25) is 0 Å². The minimum absolute atomic E-state index is 0.565. The highest BCUT2D eigenvalue weighted by Crippen LogP contribution is 2.26. The van der Waals surface area contributed by atoms with Crippen molar-refractivity contribution in [3.05, 3.63) is 24.0 Å². The zero-order valence-electron chi connectivity index (χ0n) is 11.5. The summed E-state index contributed by atoms with van der Waals surface area (Å²) in [6, 6.07) is 2.54. The number of likely N-dealkylation sites (N-methyl/N-ethyl adjacent to an activating group) is 1. The minimum Gasteiger partial charge on any atom is -0.480 e. The molecule has 2 aromatic heterocycles. The predicted octanol–water partition coefficient (Wildman–Crippen LogP) is 2.45. The van der Waals surface area contributed by atoms with E-state index in [4.69, 9.17) is 4.74 Å². The largest absolute Gasteiger partial charge is 0.480 e. The van der Waals surface area contributed by atoms with Crippen LogP contribution in [-0.2, 0) is 6.42 Å². The van der Waals surface area contributed by atoms with Crippen LogP contribution in [0.1, 0.15) is 19.4 Å². The van der Waals surface area contributed by atoms with Gasteiger partial charge in [-0.2, -0.15) is 0 Å². The number of pyridine rings is 1. The number of H-pyrrole nitrogens is 1. The number of fused-ring (bicyclic) bond motifs is 1. The van der Waals surface area contributed by atoms with Gasteiger partial charge in [-0.15, -0.1) is 0 Å². The normalized spacial score (nSPS) is 11.7. The first-order chi connectivity index (χ1) is 8.63. The molecule has 98 valence electrons. The lowest BCUT2D eigenvalue weighted by Gasteiger charge is -2.20. The van der Waals surface area contributed by atoms with E-state index in [0.717, 1.165) is 23.9 Å². The SMILES string of the molecule is COc1nccc2[nH]cc(CCN(C)C(C)C)c12. The molecule has 0 spiro atoms. The third-order valence-corrected chi connectivity index (χ3v) is 3.45. The molecule has 0 aromatic carbocycles. The van der Waals surface area contributed by atoms with Crippen LogP contribution >= 0.6 is 0 Å². The maximum atomic E-state index is 5.34. The van der Waals surface area contributed by atoms with Crippen molar-refractivity contribution in [1.29, 1.82) is 0 Å².